The Kier molecular flexibility index (Phi) is 4.02. The summed E-state index contributed by atoms with van der Waals surface area (Å²) in [5.41, 5.74) is 0.691. The molecule has 0 N–H and O–H groups in total. The van der Waals surface area contributed by atoms with E-state index in [-0.39, 0.29) is 5.56 Å². The molecule has 4 nitrogen and oxygen atoms in total. The summed E-state index contributed by atoms with van der Waals surface area (Å²) in [5, 5.41) is 4.00. The van der Waals surface area contributed by atoms with Crippen molar-refractivity contribution in [2.24, 2.45) is 0 Å². The van der Waals surface area contributed by atoms with Gasteiger partial charge in [-0.3, -0.25) is 9.59 Å². The molecule has 0 unspecified atom stereocenters. The number of carbonyl (C=O) groups excluding carboxylic acids is 1. The summed E-state index contributed by atoms with van der Waals surface area (Å²) in [4.78, 5) is 23.1. The van der Waals surface area contributed by atoms with E-state index in [1.54, 1.807) is 31.2 Å². The van der Waals surface area contributed by atoms with E-state index in [0.717, 1.165) is 5.56 Å². The van der Waals surface area contributed by atoms with Crippen LogP contribution in [-0.4, -0.2) is 15.0 Å². The maximum absolute atomic E-state index is 11.9. The molecule has 0 aliphatic rings. The first kappa shape index (κ1) is 13.8. The molecule has 6 heteroatoms. The molecule has 0 amide bonds. The lowest BCUT2D eigenvalue weighted by Gasteiger charge is -2.07. The van der Waals surface area contributed by atoms with Crippen molar-refractivity contribution in [1.29, 1.82) is 0 Å². The monoisotopic (exact) mass is 296 g/mol. The first-order valence-corrected chi connectivity index (χ1v) is 6.36. The van der Waals surface area contributed by atoms with Crippen LogP contribution in [0.5, 0.6) is 0 Å². The van der Waals surface area contributed by atoms with Crippen molar-refractivity contribution in [2.75, 3.05) is 0 Å². The van der Waals surface area contributed by atoms with Crippen LogP contribution in [0, 0.1) is 0 Å². The average molecular weight is 297 g/mol. The molecule has 98 valence electrons. The number of aromatic nitrogens is 2. The van der Waals surface area contributed by atoms with Crippen molar-refractivity contribution in [1.82, 2.24) is 9.78 Å². The number of nitrogens with zero attached hydrogens (tertiary/aromatic N) is 2. The maximum atomic E-state index is 11.9. The zero-order valence-corrected chi connectivity index (χ0v) is 11.6. The molecular formula is C13H10Cl2N2O2. The fraction of sp³-hybridized carbons (Fsp3) is 0.154. The van der Waals surface area contributed by atoms with Gasteiger partial charge in [0.2, 0.25) is 0 Å². The molecule has 2 aromatic rings. The molecule has 0 bridgehead atoms. The molecule has 0 saturated carbocycles. The summed E-state index contributed by atoms with van der Waals surface area (Å²) in [6.07, 6.45) is 0. The quantitative estimate of drug-likeness (QED) is 0.818. The van der Waals surface area contributed by atoms with E-state index in [2.05, 4.69) is 5.10 Å². The zero-order valence-electron chi connectivity index (χ0n) is 10.1. The first-order chi connectivity index (χ1) is 9.02. The third-order valence-corrected chi connectivity index (χ3v) is 3.08. The third-order valence-electron chi connectivity index (χ3n) is 2.63. The van der Waals surface area contributed by atoms with Gasteiger partial charge in [0.1, 0.15) is 5.56 Å². The molecule has 1 aromatic carbocycles. The normalized spacial score (nSPS) is 10.5. The number of aryl methyl sites for hydroxylation is 1. The van der Waals surface area contributed by atoms with Crippen LogP contribution in [0.15, 0.2) is 35.1 Å². The SMILES string of the molecule is CCn1nc(-c2ccc(Cl)cc2)cc(C(=O)Cl)c1=O. The summed E-state index contributed by atoms with van der Waals surface area (Å²) in [5.74, 6) is 0. The zero-order chi connectivity index (χ0) is 14.0. The van der Waals surface area contributed by atoms with E-state index in [0.29, 0.717) is 17.3 Å². The molecule has 0 aliphatic heterocycles. The van der Waals surface area contributed by atoms with Crippen LogP contribution in [0.3, 0.4) is 0 Å². The van der Waals surface area contributed by atoms with Gasteiger partial charge in [-0.2, -0.15) is 5.10 Å². The van der Waals surface area contributed by atoms with Gasteiger partial charge in [0.15, 0.2) is 0 Å². The minimum Gasteiger partial charge on any atom is -0.275 e. The van der Waals surface area contributed by atoms with Gasteiger partial charge in [-0.15, -0.1) is 0 Å². The summed E-state index contributed by atoms with van der Waals surface area (Å²) in [7, 11) is 0. The molecule has 0 fully saturated rings. The Morgan fingerprint density at radius 1 is 1.32 bits per heavy atom. The smallest absolute Gasteiger partial charge is 0.275 e. The number of hydrogen-bond donors (Lipinski definition) is 0. The molecular weight excluding hydrogens is 287 g/mol. The molecule has 1 aromatic heterocycles. The summed E-state index contributed by atoms with van der Waals surface area (Å²) in [6.45, 7) is 2.12. The van der Waals surface area contributed by atoms with Gasteiger partial charge in [0, 0.05) is 17.1 Å². The minimum absolute atomic E-state index is 0.0801. The standard InChI is InChI=1S/C13H10Cl2N2O2/c1-2-17-13(19)10(12(15)18)7-11(16-17)8-3-5-9(14)6-4-8/h3-7H,2H2,1H3. The molecule has 2 rings (SSSR count). The average Bonchev–Trinajstić information content (AvgIpc) is 2.39. The Bertz CT molecular complexity index is 678. The van der Waals surface area contributed by atoms with Gasteiger partial charge in [0.25, 0.3) is 10.8 Å². The Labute approximate surface area is 119 Å². The summed E-state index contributed by atoms with van der Waals surface area (Å²) >= 11 is 11.2. The third kappa shape index (κ3) is 2.85. The van der Waals surface area contributed by atoms with E-state index in [9.17, 15) is 9.59 Å². The number of benzene rings is 1. The molecule has 0 aliphatic carbocycles. The fourth-order valence-electron chi connectivity index (χ4n) is 1.66. The molecule has 0 saturated heterocycles. The summed E-state index contributed by atoms with van der Waals surface area (Å²) < 4.78 is 1.21. The van der Waals surface area contributed by atoms with Gasteiger partial charge < -0.3 is 0 Å². The van der Waals surface area contributed by atoms with Crippen molar-refractivity contribution >= 4 is 28.4 Å². The minimum atomic E-state index is -0.787. The maximum Gasteiger partial charge on any atom is 0.278 e. The number of rotatable bonds is 3. The highest BCUT2D eigenvalue weighted by Gasteiger charge is 2.13. The van der Waals surface area contributed by atoms with Crippen molar-refractivity contribution in [3.05, 3.63) is 51.3 Å². The topological polar surface area (TPSA) is 52.0 Å². The molecule has 0 spiro atoms. The molecule has 0 atom stereocenters. The van der Waals surface area contributed by atoms with Crippen molar-refractivity contribution in [3.63, 3.8) is 0 Å². The van der Waals surface area contributed by atoms with Crippen LogP contribution < -0.4 is 5.56 Å². The largest absolute Gasteiger partial charge is 0.278 e. The second kappa shape index (κ2) is 5.55. The van der Waals surface area contributed by atoms with Gasteiger partial charge >= 0.3 is 0 Å². The van der Waals surface area contributed by atoms with Crippen LogP contribution in [0.2, 0.25) is 5.02 Å². The Morgan fingerprint density at radius 3 is 2.47 bits per heavy atom. The predicted octanol–water partition coefficient (Wildman–Crippen LogP) is 2.96. The Morgan fingerprint density at radius 2 is 1.95 bits per heavy atom. The molecule has 0 radical (unpaired) electrons. The molecule has 1 heterocycles. The van der Waals surface area contributed by atoms with Crippen LogP contribution in [-0.2, 0) is 6.54 Å². The number of halogens is 2. The lowest BCUT2D eigenvalue weighted by atomic mass is 10.1. The predicted molar refractivity (Wildman–Crippen MR) is 74.8 cm³/mol. The second-order valence-corrected chi connectivity index (χ2v) is 4.62. The van der Waals surface area contributed by atoms with Gasteiger partial charge in [0.05, 0.1) is 5.69 Å². The van der Waals surface area contributed by atoms with E-state index >= 15 is 0 Å². The van der Waals surface area contributed by atoms with E-state index in [1.165, 1.54) is 10.7 Å². The van der Waals surface area contributed by atoms with Gasteiger partial charge in [-0.25, -0.2) is 4.68 Å². The highest BCUT2D eigenvalue weighted by atomic mass is 35.5. The Balaban J connectivity index is 2.64. The van der Waals surface area contributed by atoms with Crippen LogP contribution in [0.1, 0.15) is 17.3 Å². The number of hydrogen-bond acceptors (Lipinski definition) is 3. The Hall–Kier alpha value is -1.65. The van der Waals surface area contributed by atoms with Crippen LogP contribution >= 0.6 is 23.2 Å². The fourth-order valence-corrected chi connectivity index (χ4v) is 1.92. The summed E-state index contributed by atoms with van der Waals surface area (Å²) in [6, 6.07) is 8.34. The van der Waals surface area contributed by atoms with Crippen LogP contribution in [0.4, 0.5) is 0 Å². The van der Waals surface area contributed by atoms with E-state index < -0.39 is 10.8 Å². The van der Waals surface area contributed by atoms with E-state index in [1.807, 2.05) is 0 Å². The first-order valence-electron chi connectivity index (χ1n) is 5.61. The highest BCUT2D eigenvalue weighted by molar-refractivity contribution is 6.67. The van der Waals surface area contributed by atoms with E-state index in [4.69, 9.17) is 23.2 Å². The van der Waals surface area contributed by atoms with Gasteiger partial charge in [-0.1, -0.05) is 23.7 Å². The van der Waals surface area contributed by atoms with Crippen molar-refractivity contribution in [3.8, 4) is 11.3 Å². The van der Waals surface area contributed by atoms with Crippen LogP contribution in [0.25, 0.3) is 11.3 Å². The molecule has 19 heavy (non-hydrogen) atoms. The lowest BCUT2D eigenvalue weighted by molar-refractivity contribution is 0.107. The lowest BCUT2D eigenvalue weighted by Crippen LogP contribution is -2.27. The van der Waals surface area contributed by atoms with Gasteiger partial charge in [-0.05, 0) is 36.7 Å². The highest BCUT2D eigenvalue weighted by Crippen LogP contribution is 2.19. The second-order valence-electron chi connectivity index (χ2n) is 3.84. The van der Waals surface area contributed by atoms with Crippen molar-refractivity contribution in [2.45, 2.75) is 13.5 Å². The van der Waals surface area contributed by atoms with Crippen molar-refractivity contribution < 1.29 is 4.79 Å². The number of carbonyl (C=O) groups is 1.